The molecule has 0 fully saturated rings. The summed E-state index contributed by atoms with van der Waals surface area (Å²) >= 11 is 13.2. The normalized spacial score (nSPS) is 10.8. The van der Waals surface area contributed by atoms with Gasteiger partial charge in [-0.3, -0.25) is 9.59 Å². The second kappa shape index (κ2) is 8.69. The number of methoxy groups -OCH3 is 1. The predicted molar refractivity (Wildman–Crippen MR) is 106 cm³/mol. The second-order valence-electron chi connectivity index (χ2n) is 5.68. The number of nitrogens with zero attached hydrogens (tertiary/aromatic N) is 1. The summed E-state index contributed by atoms with van der Waals surface area (Å²) in [5, 5.41) is 1.11. The number of Topliss-reactive ketones (excluding diaryl/α,β-unsaturated/α-hetero) is 1. The summed E-state index contributed by atoms with van der Waals surface area (Å²) in [4.78, 5) is 28.8. The van der Waals surface area contributed by atoms with E-state index in [1.807, 2.05) is 18.2 Å². The first-order valence-corrected chi connectivity index (χ1v) is 9.61. The van der Waals surface area contributed by atoms with Crippen LogP contribution in [-0.2, 0) is 16.1 Å². The first-order valence-electron chi connectivity index (χ1n) is 8.03. The molecule has 3 aromatic rings. The topological polar surface area (TPSA) is 65.5 Å². The van der Waals surface area contributed by atoms with E-state index >= 15 is 0 Å². The van der Waals surface area contributed by atoms with Gasteiger partial charge in [0.15, 0.2) is 5.78 Å². The van der Waals surface area contributed by atoms with Crippen LogP contribution >= 0.6 is 34.5 Å². The van der Waals surface area contributed by atoms with Gasteiger partial charge in [-0.05, 0) is 30.3 Å². The molecule has 5 nitrogen and oxygen atoms in total. The lowest BCUT2D eigenvalue weighted by Crippen LogP contribution is -2.08. The number of ether oxygens (including phenoxy) is 2. The van der Waals surface area contributed by atoms with E-state index in [-0.39, 0.29) is 30.4 Å². The molecule has 0 aliphatic heterocycles. The Labute approximate surface area is 169 Å². The maximum atomic E-state index is 12.0. The van der Waals surface area contributed by atoms with Crippen LogP contribution in [0.3, 0.4) is 0 Å². The van der Waals surface area contributed by atoms with Gasteiger partial charge in [0.25, 0.3) is 0 Å². The van der Waals surface area contributed by atoms with Crippen molar-refractivity contribution in [2.45, 2.75) is 19.4 Å². The van der Waals surface area contributed by atoms with Gasteiger partial charge in [-0.25, -0.2) is 4.98 Å². The summed E-state index contributed by atoms with van der Waals surface area (Å²) in [6.45, 7) is -0.00828. The molecule has 0 atom stereocenters. The molecule has 0 aliphatic rings. The van der Waals surface area contributed by atoms with E-state index in [4.69, 9.17) is 32.7 Å². The zero-order valence-corrected chi connectivity index (χ0v) is 16.7. The zero-order valence-electron chi connectivity index (χ0n) is 14.3. The molecule has 2 aromatic heterocycles. The van der Waals surface area contributed by atoms with Crippen molar-refractivity contribution in [1.82, 2.24) is 4.98 Å². The number of hydrogen-bond acceptors (Lipinski definition) is 6. The number of fused-ring (bicyclic) bond motifs is 1. The lowest BCUT2D eigenvalue weighted by atomic mass is 10.1. The fourth-order valence-corrected chi connectivity index (χ4v) is 3.64. The molecule has 0 unspecified atom stereocenters. The van der Waals surface area contributed by atoms with E-state index < -0.39 is 5.97 Å². The quantitative estimate of drug-likeness (QED) is 0.292. The Hall–Kier alpha value is -2.15. The fraction of sp³-hybridized carbons (Fsp3) is 0.211. The molecule has 0 spiro atoms. The van der Waals surface area contributed by atoms with Crippen LogP contribution in [0.4, 0.5) is 0 Å². The van der Waals surface area contributed by atoms with Crippen LogP contribution in [0, 0.1) is 0 Å². The standard InChI is InChI=1S/C19H15Cl2NO4S/c1-25-13-3-2-11-8-12(19(21)22-14(11)9-13)10-26-18(24)7-4-15(23)16-5-6-17(20)27-16/h2-3,5-6,8-9H,4,7,10H2,1H3. The van der Waals surface area contributed by atoms with Gasteiger partial charge in [0.05, 0.1) is 28.3 Å². The molecule has 1 aromatic carbocycles. The van der Waals surface area contributed by atoms with Crippen LogP contribution < -0.4 is 4.74 Å². The van der Waals surface area contributed by atoms with E-state index in [1.54, 1.807) is 25.3 Å². The first-order chi connectivity index (χ1) is 13.0. The summed E-state index contributed by atoms with van der Waals surface area (Å²) in [7, 11) is 1.58. The minimum absolute atomic E-state index is 0.00828. The molecular formula is C19H15Cl2NO4S. The molecule has 3 rings (SSSR count). The van der Waals surface area contributed by atoms with Gasteiger partial charge in [-0.15, -0.1) is 11.3 Å². The molecule has 27 heavy (non-hydrogen) atoms. The number of hydrogen-bond donors (Lipinski definition) is 0. The molecule has 0 saturated carbocycles. The lowest BCUT2D eigenvalue weighted by Gasteiger charge is -2.08. The largest absolute Gasteiger partial charge is 0.497 e. The van der Waals surface area contributed by atoms with Gasteiger partial charge in [0, 0.05) is 23.4 Å². The Kier molecular flexibility index (Phi) is 6.31. The molecule has 0 aliphatic carbocycles. The average molecular weight is 424 g/mol. The summed E-state index contributed by atoms with van der Waals surface area (Å²) in [5.41, 5.74) is 1.29. The number of ketones is 1. The highest BCUT2D eigenvalue weighted by molar-refractivity contribution is 7.18. The van der Waals surface area contributed by atoms with Gasteiger partial charge in [0.2, 0.25) is 0 Å². The first kappa shape index (κ1) is 19.6. The Balaban J connectivity index is 1.58. The van der Waals surface area contributed by atoms with Gasteiger partial charge < -0.3 is 9.47 Å². The number of benzene rings is 1. The zero-order chi connectivity index (χ0) is 19.4. The molecule has 0 N–H and O–H groups in total. The third-order valence-electron chi connectivity index (χ3n) is 3.84. The van der Waals surface area contributed by atoms with Crippen molar-refractivity contribution in [1.29, 1.82) is 0 Å². The van der Waals surface area contributed by atoms with Crippen molar-refractivity contribution in [2.75, 3.05) is 7.11 Å². The number of carbonyl (C=O) groups excluding carboxylic acids is 2. The fourth-order valence-electron chi connectivity index (χ4n) is 2.43. The highest BCUT2D eigenvalue weighted by atomic mass is 35.5. The smallest absolute Gasteiger partial charge is 0.306 e. The Morgan fingerprint density at radius 1 is 1.11 bits per heavy atom. The number of rotatable bonds is 7. The van der Waals surface area contributed by atoms with Crippen molar-refractivity contribution in [2.24, 2.45) is 0 Å². The number of esters is 1. The molecule has 2 heterocycles. The highest BCUT2D eigenvalue weighted by Crippen LogP contribution is 2.25. The predicted octanol–water partition coefficient (Wildman–Crippen LogP) is 5.32. The van der Waals surface area contributed by atoms with Crippen LogP contribution in [0.1, 0.15) is 28.1 Å². The van der Waals surface area contributed by atoms with Crippen LogP contribution in [0.5, 0.6) is 5.75 Å². The number of aromatic nitrogens is 1. The summed E-state index contributed by atoms with van der Waals surface area (Å²) < 4.78 is 10.9. The van der Waals surface area contributed by atoms with Gasteiger partial charge in [-0.1, -0.05) is 23.2 Å². The Morgan fingerprint density at radius 3 is 2.63 bits per heavy atom. The van der Waals surface area contributed by atoms with Crippen molar-refractivity contribution in [3.63, 3.8) is 0 Å². The Bertz CT molecular complexity index is 1000. The lowest BCUT2D eigenvalue weighted by molar-refractivity contribution is -0.144. The molecule has 8 heteroatoms. The Morgan fingerprint density at radius 2 is 1.93 bits per heavy atom. The van der Waals surface area contributed by atoms with E-state index in [0.717, 1.165) is 5.39 Å². The van der Waals surface area contributed by atoms with E-state index in [9.17, 15) is 9.59 Å². The van der Waals surface area contributed by atoms with E-state index in [0.29, 0.717) is 26.0 Å². The number of thiophene rings is 1. The minimum atomic E-state index is -0.475. The van der Waals surface area contributed by atoms with Crippen LogP contribution in [0.25, 0.3) is 10.9 Å². The molecule has 0 amide bonds. The number of halogens is 2. The number of carbonyl (C=O) groups is 2. The van der Waals surface area contributed by atoms with Gasteiger partial charge in [0.1, 0.15) is 17.5 Å². The molecule has 0 saturated heterocycles. The summed E-state index contributed by atoms with van der Waals surface area (Å²) in [5.74, 6) is 0.0713. The van der Waals surface area contributed by atoms with E-state index in [1.165, 1.54) is 11.3 Å². The maximum Gasteiger partial charge on any atom is 0.306 e. The second-order valence-corrected chi connectivity index (χ2v) is 7.76. The van der Waals surface area contributed by atoms with Crippen molar-refractivity contribution < 1.29 is 19.1 Å². The molecule has 0 bridgehead atoms. The summed E-state index contributed by atoms with van der Waals surface area (Å²) in [6, 6.07) is 10.6. The number of pyridine rings is 1. The minimum Gasteiger partial charge on any atom is -0.497 e. The van der Waals surface area contributed by atoms with Crippen LogP contribution in [0.15, 0.2) is 36.4 Å². The van der Waals surface area contributed by atoms with Crippen molar-refractivity contribution in [3.8, 4) is 5.75 Å². The van der Waals surface area contributed by atoms with Crippen molar-refractivity contribution >= 4 is 57.2 Å². The summed E-state index contributed by atoms with van der Waals surface area (Å²) in [6.07, 6.45) is 0.0589. The molecule has 0 radical (unpaired) electrons. The third kappa shape index (κ3) is 4.97. The van der Waals surface area contributed by atoms with Crippen LogP contribution in [-0.4, -0.2) is 23.8 Å². The molecular weight excluding hydrogens is 409 g/mol. The van der Waals surface area contributed by atoms with Gasteiger partial charge in [-0.2, -0.15) is 0 Å². The average Bonchev–Trinajstić information content (AvgIpc) is 3.10. The monoisotopic (exact) mass is 423 g/mol. The highest BCUT2D eigenvalue weighted by Gasteiger charge is 2.13. The maximum absolute atomic E-state index is 12.0. The van der Waals surface area contributed by atoms with Crippen LogP contribution in [0.2, 0.25) is 9.49 Å². The van der Waals surface area contributed by atoms with Crippen molar-refractivity contribution in [3.05, 3.63) is 56.3 Å². The third-order valence-corrected chi connectivity index (χ3v) is 5.44. The van der Waals surface area contributed by atoms with Gasteiger partial charge >= 0.3 is 5.97 Å². The molecule has 140 valence electrons. The van der Waals surface area contributed by atoms with E-state index in [2.05, 4.69) is 4.98 Å². The SMILES string of the molecule is COc1ccc2cc(COC(=O)CCC(=O)c3ccc(Cl)s3)c(Cl)nc2c1.